The molecule has 0 radical (unpaired) electrons. The minimum atomic E-state index is 0.987. The van der Waals surface area contributed by atoms with Crippen LogP contribution in [0.15, 0.2) is 40.2 Å². The summed E-state index contributed by atoms with van der Waals surface area (Å²) in [6, 6.07) is 12.7. The summed E-state index contributed by atoms with van der Waals surface area (Å²) in [5.41, 5.74) is 4.94. The molecule has 0 fully saturated rings. The topological polar surface area (TPSA) is 29.9 Å². The van der Waals surface area contributed by atoms with Crippen LogP contribution in [0.4, 0.5) is 5.82 Å². The molecule has 112 valence electrons. The molecule has 1 N–H and O–H groups in total. The molecule has 0 saturated heterocycles. The van der Waals surface area contributed by atoms with Crippen LogP contribution in [0.25, 0.3) is 16.3 Å². The zero-order valence-electron chi connectivity index (χ0n) is 12.3. The summed E-state index contributed by atoms with van der Waals surface area (Å²) >= 11 is 5.29. The molecule has 5 heteroatoms. The minimum absolute atomic E-state index is 0.987. The highest BCUT2D eigenvalue weighted by molar-refractivity contribution is 9.11. The molecular weight excluding hydrogens is 358 g/mol. The number of rotatable bonds is 3. The van der Waals surface area contributed by atoms with Gasteiger partial charge in [-0.3, -0.25) is 0 Å². The number of nitrogens with zero attached hydrogens (tertiary/aromatic N) is 2. The number of thiophene rings is 1. The molecule has 0 aliphatic carbocycles. The Bertz CT molecular complexity index is 834. The lowest BCUT2D eigenvalue weighted by atomic mass is 10.1. The van der Waals surface area contributed by atoms with Crippen molar-refractivity contribution in [1.29, 1.82) is 0 Å². The molecule has 3 heterocycles. The van der Waals surface area contributed by atoms with E-state index in [2.05, 4.69) is 69.3 Å². The van der Waals surface area contributed by atoms with Gasteiger partial charge >= 0.3 is 0 Å². The van der Waals surface area contributed by atoms with Crippen molar-refractivity contribution in [3.05, 3.63) is 51.3 Å². The van der Waals surface area contributed by atoms with E-state index < -0.39 is 0 Å². The highest BCUT2D eigenvalue weighted by Crippen LogP contribution is 2.39. The average molecular weight is 374 g/mol. The number of hydrogen-bond acceptors (Lipinski definition) is 3. The van der Waals surface area contributed by atoms with Crippen molar-refractivity contribution < 1.29 is 0 Å². The number of para-hydroxylation sites is 1. The zero-order valence-corrected chi connectivity index (χ0v) is 14.7. The predicted octanol–water partition coefficient (Wildman–Crippen LogP) is 4.89. The number of aromatic nitrogens is 2. The van der Waals surface area contributed by atoms with Crippen LogP contribution < -0.4 is 5.32 Å². The Morgan fingerprint density at radius 2 is 2.14 bits per heavy atom. The van der Waals surface area contributed by atoms with Crippen molar-refractivity contribution in [2.24, 2.45) is 0 Å². The van der Waals surface area contributed by atoms with E-state index in [0.29, 0.717) is 0 Å². The monoisotopic (exact) mass is 373 g/mol. The van der Waals surface area contributed by atoms with Gasteiger partial charge in [0.05, 0.1) is 14.4 Å². The number of fused-ring (bicyclic) bond motifs is 1. The molecular formula is C17H16BrN3S. The molecule has 1 aromatic carbocycles. The van der Waals surface area contributed by atoms with Gasteiger partial charge in [-0.05, 0) is 52.5 Å². The Hall–Kier alpha value is -1.59. The first-order valence-corrected chi connectivity index (χ1v) is 9.08. The van der Waals surface area contributed by atoms with Gasteiger partial charge in [-0.1, -0.05) is 25.1 Å². The van der Waals surface area contributed by atoms with Gasteiger partial charge in [0.1, 0.15) is 11.5 Å². The Labute approximate surface area is 142 Å². The van der Waals surface area contributed by atoms with Crippen LogP contribution >= 0.6 is 27.3 Å². The normalized spacial score (nSPS) is 13.2. The SMILES string of the molecule is CCc1ccccc1-n1nc(-c2ccc(Br)s2)c2c1NCC2. The third-order valence-electron chi connectivity index (χ3n) is 4.06. The molecule has 3 aromatic rings. The van der Waals surface area contributed by atoms with Gasteiger partial charge in [-0.25, -0.2) is 4.68 Å². The lowest BCUT2D eigenvalue weighted by Crippen LogP contribution is -2.06. The van der Waals surface area contributed by atoms with E-state index in [-0.39, 0.29) is 0 Å². The van der Waals surface area contributed by atoms with Crippen molar-refractivity contribution in [2.45, 2.75) is 19.8 Å². The molecule has 1 aliphatic rings. The second-order valence-corrected chi connectivity index (χ2v) is 7.81. The molecule has 22 heavy (non-hydrogen) atoms. The number of hydrogen-bond donors (Lipinski definition) is 1. The molecule has 0 amide bonds. The Morgan fingerprint density at radius 3 is 2.91 bits per heavy atom. The first kappa shape index (κ1) is 14.0. The maximum absolute atomic E-state index is 4.94. The highest BCUT2D eigenvalue weighted by atomic mass is 79.9. The minimum Gasteiger partial charge on any atom is -0.369 e. The highest BCUT2D eigenvalue weighted by Gasteiger charge is 2.25. The third kappa shape index (κ3) is 2.20. The summed E-state index contributed by atoms with van der Waals surface area (Å²) in [4.78, 5) is 1.22. The molecule has 0 unspecified atom stereocenters. The number of benzene rings is 1. The number of halogens is 1. The summed E-state index contributed by atoms with van der Waals surface area (Å²) in [5, 5.41) is 8.45. The van der Waals surface area contributed by atoms with E-state index in [1.165, 1.54) is 21.7 Å². The molecule has 0 atom stereocenters. The predicted molar refractivity (Wildman–Crippen MR) is 96.1 cm³/mol. The number of anilines is 1. The van der Waals surface area contributed by atoms with Gasteiger partial charge in [0.15, 0.2) is 0 Å². The molecule has 0 spiro atoms. The van der Waals surface area contributed by atoms with Crippen LogP contribution in [0.5, 0.6) is 0 Å². The van der Waals surface area contributed by atoms with Gasteiger partial charge in [-0.2, -0.15) is 5.10 Å². The molecule has 1 aliphatic heterocycles. The van der Waals surface area contributed by atoms with Gasteiger partial charge in [0.25, 0.3) is 0 Å². The smallest absolute Gasteiger partial charge is 0.133 e. The van der Waals surface area contributed by atoms with Crippen LogP contribution in [0.2, 0.25) is 0 Å². The van der Waals surface area contributed by atoms with Crippen LogP contribution in [-0.2, 0) is 12.8 Å². The van der Waals surface area contributed by atoms with E-state index in [1.807, 2.05) is 0 Å². The summed E-state index contributed by atoms with van der Waals surface area (Å²) in [6.07, 6.45) is 2.04. The van der Waals surface area contributed by atoms with Gasteiger partial charge < -0.3 is 5.32 Å². The van der Waals surface area contributed by atoms with E-state index in [1.54, 1.807) is 11.3 Å². The van der Waals surface area contributed by atoms with E-state index in [0.717, 1.165) is 34.7 Å². The van der Waals surface area contributed by atoms with Crippen molar-refractivity contribution >= 4 is 33.1 Å². The largest absolute Gasteiger partial charge is 0.369 e. The quantitative estimate of drug-likeness (QED) is 0.707. The standard InChI is InChI=1S/C17H16BrN3S/c1-2-11-5-3-4-6-13(11)21-17-12(9-10-19-17)16(20-21)14-7-8-15(18)22-14/h3-8,19H,2,9-10H2,1H3. The van der Waals surface area contributed by atoms with Gasteiger partial charge in [-0.15, -0.1) is 11.3 Å². The van der Waals surface area contributed by atoms with E-state index in [4.69, 9.17) is 5.10 Å². The maximum Gasteiger partial charge on any atom is 0.133 e. The first-order chi connectivity index (χ1) is 10.8. The maximum atomic E-state index is 4.94. The molecule has 0 bridgehead atoms. The van der Waals surface area contributed by atoms with Crippen molar-refractivity contribution in [1.82, 2.24) is 9.78 Å². The second kappa shape index (κ2) is 5.56. The van der Waals surface area contributed by atoms with E-state index >= 15 is 0 Å². The summed E-state index contributed by atoms with van der Waals surface area (Å²) in [7, 11) is 0. The van der Waals surface area contributed by atoms with Gasteiger partial charge in [0.2, 0.25) is 0 Å². The molecule has 2 aromatic heterocycles. The van der Waals surface area contributed by atoms with Crippen molar-refractivity contribution in [3.63, 3.8) is 0 Å². The lowest BCUT2D eigenvalue weighted by molar-refractivity contribution is 0.867. The van der Waals surface area contributed by atoms with Crippen molar-refractivity contribution in [3.8, 4) is 16.3 Å². The summed E-state index contributed by atoms with van der Waals surface area (Å²) in [5.74, 6) is 1.15. The van der Waals surface area contributed by atoms with Crippen LogP contribution in [0.1, 0.15) is 18.1 Å². The van der Waals surface area contributed by atoms with E-state index in [9.17, 15) is 0 Å². The first-order valence-electron chi connectivity index (χ1n) is 7.47. The number of aryl methyl sites for hydroxylation is 1. The van der Waals surface area contributed by atoms with Crippen LogP contribution in [-0.4, -0.2) is 16.3 Å². The lowest BCUT2D eigenvalue weighted by Gasteiger charge is -2.10. The fraction of sp³-hybridized carbons (Fsp3) is 0.235. The molecule has 4 rings (SSSR count). The van der Waals surface area contributed by atoms with Gasteiger partial charge in [0, 0.05) is 12.1 Å². The summed E-state index contributed by atoms with van der Waals surface area (Å²) < 4.78 is 3.23. The molecule has 3 nitrogen and oxygen atoms in total. The fourth-order valence-corrected chi connectivity index (χ4v) is 4.40. The van der Waals surface area contributed by atoms with Crippen LogP contribution in [0, 0.1) is 0 Å². The number of nitrogens with one attached hydrogen (secondary N) is 1. The Morgan fingerprint density at radius 1 is 1.27 bits per heavy atom. The fourth-order valence-electron chi connectivity index (χ4n) is 3.00. The third-order valence-corrected chi connectivity index (χ3v) is 5.69. The Balaban J connectivity index is 1.91. The second-order valence-electron chi connectivity index (χ2n) is 5.35. The zero-order chi connectivity index (χ0) is 15.1. The molecule has 0 saturated carbocycles. The Kier molecular flexibility index (Phi) is 3.54. The summed E-state index contributed by atoms with van der Waals surface area (Å²) in [6.45, 7) is 3.17. The van der Waals surface area contributed by atoms with Crippen molar-refractivity contribution in [2.75, 3.05) is 11.9 Å². The average Bonchev–Trinajstić information content (AvgIpc) is 3.23. The van der Waals surface area contributed by atoms with Crippen LogP contribution in [0.3, 0.4) is 0 Å².